The van der Waals surface area contributed by atoms with Gasteiger partial charge in [-0.25, -0.2) is 4.98 Å². The number of benzene rings is 3. The number of morpholine rings is 1. The molecule has 1 aromatic heterocycles. The summed E-state index contributed by atoms with van der Waals surface area (Å²) in [4.78, 5) is 33.0. The molecule has 0 N–H and O–H groups in total. The van der Waals surface area contributed by atoms with Gasteiger partial charge in [0, 0.05) is 18.7 Å². The lowest BCUT2D eigenvalue weighted by atomic mass is 9.96. The number of amides is 1. The van der Waals surface area contributed by atoms with Gasteiger partial charge in [-0.2, -0.15) is 9.78 Å². The van der Waals surface area contributed by atoms with E-state index < -0.39 is 0 Å². The molecular formula is C33H34Br2N4O5. The van der Waals surface area contributed by atoms with Crippen LogP contribution in [0.3, 0.4) is 0 Å². The zero-order valence-electron chi connectivity index (χ0n) is 25.1. The van der Waals surface area contributed by atoms with Crippen molar-refractivity contribution >= 4 is 54.9 Å². The smallest absolute Gasteiger partial charge is 0.282 e. The Labute approximate surface area is 273 Å². The van der Waals surface area contributed by atoms with Gasteiger partial charge in [-0.1, -0.05) is 26.0 Å². The zero-order valence-corrected chi connectivity index (χ0v) is 28.3. The van der Waals surface area contributed by atoms with Crippen molar-refractivity contribution in [2.45, 2.75) is 33.6 Å². The number of hydrogen-bond acceptors (Lipinski definition) is 7. The van der Waals surface area contributed by atoms with Crippen LogP contribution in [0.4, 0.5) is 0 Å². The molecule has 11 heteroatoms. The summed E-state index contributed by atoms with van der Waals surface area (Å²) < 4.78 is 19.7. The van der Waals surface area contributed by atoms with Crippen LogP contribution < -0.4 is 15.0 Å². The number of para-hydroxylation sites is 1. The summed E-state index contributed by atoms with van der Waals surface area (Å²) in [5, 5.41) is 5.12. The predicted molar refractivity (Wildman–Crippen MR) is 179 cm³/mol. The standard InChI is InChI=1S/C33H34Br2N4O5/c1-5-43-29-14-21(4)25(17-24(29)20(2)3)32-37-28-9-7-6-8-23(28)33(41)39(32)36-18-22-15-26(34)31(27(35)16-22)44-19-30(40)38-10-12-42-13-11-38/h6-9,14-18,20H,5,10-13,19H2,1-4H3. The Morgan fingerprint density at radius 2 is 1.80 bits per heavy atom. The minimum atomic E-state index is -0.277. The molecule has 0 aliphatic carbocycles. The molecule has 1 saturated heterocycles. The molecule has 5 rings (SSSR count). The van der Waals surface area contributed by atoms with E-state index in [1.165, 1.54) is 4.68 Å². The number of fused-ring (bicyclic) bond motifs is 1. The van der Waals surface area contributed by atoms with Crippen molar-refractivity contribution in [1.29, 1.82) is 0 Å². The zero-order chi connectivity index (χ0) is 31.4. The molecule has 44 heavy (non-hydrogen) atoms. The maximum absolute atomic E-state index is 13.8. The number of aryl methyl sites for hydroxylation is 1. The van der Waals surface area contributed by atoms with E-state index in [0.29, 0.717) is 69.9 Å². The first kappa shape index (κ1) is 31.9. The van der Waals surface area contributed by atoms with Crippen molar-refractivity contribution in [3.05, 3.63) is 84.5 Å². The Morgan fingerprint density at radius 3 is 2.48 bits per heavy atom. The summed E-state index contributed by atoms with van der Waals surface area (Å²) in [6.45, 7) is 10.8. The van der Waals surface area contributed by atoms with Gasteiger partial charge >= 0.3 is 0 Å². The first-order valence-electron chi connectivity index (χ1n) is 14.5. The molecule has 9 nitrogen and oxygen atoms in total. The summed E-state index contributed by atoms with van der Waals surface area (Å²) in [5.41, 5.74) is 3.77. The number of hydrogen-bond donors (Lipinski definition) is 0. The first-order chi connectivity index (χ1) is 21.2. The largest absolute Gasteiger partial charge is 0.494 e. The molecule has 230 valence electrons. The molecule has 1 amide bonds. The van der Waals surface area contributed by atoms with Gasteiger partial charge in [0.1, 0.15) is 11.5 Å². The van der Waals surface area contributed by atoms with Gasteiger partial charge in [-0.05, 0) is 105 Å². The van der Waals surface area contributed by atoms with Crippen LogP contribution in [0.15, 0.2) is 67.4 Å². The fourth-order valence-corrected chi connectivity index (χ4v) is 6.48. The second-order valence-electron chi connectivity index (χ2n) is 10.7. The number of halogens is 2. The van der Waals surface area contributed by atoms with E-state index in [1.807, 2.05) is 56.3 Å². The van der Waals surface area contributed by atoms with Gasteiger partial charge in [0.15, 0.2) is 12.4 Å². The van der Waals surface area contributed by atoms with Gasteiger partial charge in [-0.15, -0.1) is 0 Å². The number of nitrogens with zero attached hydrogens (tertiary/aromatic N) is 4. The average molecular weight is 726 g/mol. The van der Waals surface area contributed by atoms with Crippen LogP contribution in [0, 0.1) is 6.92 Å². The highest BCUT2D eigenvalue weighted by atomic mass is 79.9. The minimum Gasteiger partial charge on any atom is -0.494 e. The molecule has 4 aromatic rings. The fraction of sp³-hybridized carbons (Fsp3) is 0.333. The number of aromatic nitrogens is 2. The maximum Gasteiger partial charge on any atom is 0.282 e. The van der Waals surface area contributed by atoms with E-state index in [9.17, 15) is 9.59 Å². The lowest BCUT2D eigenvalue weighted by Crippen LogP contribution is -2.43. The molecule has 0 saturated carbocycles. The third kappa shape index (κ3) is 6.90. The maximum atomic E-state index is 13.8. The van der Waals surface area contributed by atoms with E-state index in [-0.39, 0.29) is 24.0 Å². The predicted octanol–water partition coefficient (Wildman–Crippen LogP) is 6.54. The van der Waals surface area contributed by atoms with Crippen LogP contribution in [0.25, 0.3) is 22.3 Å². The highest BCUT2D eigenvalue weighted by Gasteiger charge is 2.20. The van der Waals surface area contributed by atoms with Gasteiger partial charge in [0.05, 0.1) is 45.9 Å². The van der Waals surface area contributed by atoms with Gasteiger partial charge in [0.2, 0.25) is 0 Å². The van der Waals surface area contributed by atoms with Gasteiger partial charge in [0.25, 0.3) is 11.5 Å². The quantitative estimate of drug-likeness (QED) is 0.182. The van der Waals surface area contributed by atoms with E-state index in [1.54, 1.807) is 17.2 Å². The Balaban J connectivity index is 1.52. The average Bonchev–Trinajstić information content (AvgIpc) is 3.00. The van der Waals surface area contributed by atoms with Crippen molar-refractivity contribution in [3.8, 4) is 22.9 Å². The van der Waals surface area contributed by atoms with Crippen LogP contribution in [-0.4, -0.2) is 66.2 Å². The number of carbonyl (C=O) groups excluding carboxylic acids is 1. The first-order valence-corrected chi connectivity index (χ1v) is 16.1. The topological polar surface area (TPSA) is 95.2 Å². The minimum absolute atomic E-state index is 0.0913. The molecule has 2 heterocycles. The molecule has 0 radical (unpaired) electrons. The van der Waals surface area contributed by atoms with E-state index in [0.717, 1.165) is 22.4 Å². The Bertz CT molecular complexity index is 1760. The van der Waals surface area contributed by atoms with Crippen molar-refractivity contribution in [3.63, 3.8) is 0 Å². The van der Waals surface area contributed by atoms with Crippen molar-refractivity contribution < 1.29 is 19.0 Å². The van der Waals surface area contributed by atoms with Crippen LogP contribution in [0.2, 0.25) is 0 Å². The third-order valence-corrected chi connectivity index (χ3v) is 8.50. The van der Waals surface area contributed by atoms with Gasteiger partial charge < -0.3 is 19.1 Å². The molecule has 3 aromatic carbocycles. The van der Waals surface area contributed by atoms with Crippen molar-refractivity contribution in [2.24, 2.45) is 5.10 Å². The molecule has 1 fully saturated rings. The van der Waals surface area contributed by atoms with Crippen LogP contribution in [-0.2, 0) is 9.53 Å². The molecule has 1 aliphatic heterocycles. The Hall–Kier alpha value is -3.54. The summed E-state index contributed by atoms with van der Waals surface area (Å²) in [6, 6.07) is 15.0. The highest BCUT2D eigenvalue weighted by molar-refractivity contribution is 9.11. The van der Waals surface area contributed by atoms with Crippen LogP contribution >= 0.6 is 31.9 Å². The van der Waals surface area contributed by atoms with Crippen molar-refractivity contribution in [2.75, 3.05) is 39.5 Å². The third-order valence-electron chi connectivity index (χ3n) is 7.32. The highest BCUT2D eigenvalue weighted by Crippen LogP contribution is 2.36. The van der Waals surface area contributed by atoms with Crippen molar-refractivity contribution in [1.82, 2.24) is 14.6 Å². The second kappa shape index (κ2) is 14.0. The molecular weight excluding hydrogens is 692 g/mol. The van der Waals surface area contributed by atoms with Gasteiger partial charge in [-0.3, -0.25) is 9.59 Å². The SMILES string of the molecule is CCOc1cc(C)c(-c2nc3ccccc3c(=O)n2N=Cc2cc(Br)c(OCC(=O)N3CCOCC3)c(Br)c2)cc1C(C)C. The monoisotopic (exact) mass is 724 g/mol. The van der Waals surface area contributed by atoms with Crippen LogP contribution in [0.1, 0.15) is 43.4 Å². The fourth-order valence-electron chi connectivity index (χ4n) is 5.03. The summed E-state index contributed by atoms with van der Waals surface area (Å²) in [7, 11) is 0. The number of ether oxygens (including phenoxy) is 3. The normalized spacial score (nSPS) is 13.7. The molecule has 1 aliphatic rings. The lowest BCUT2D eigenvalue weighted by Gasteiger charge is -2.26. The number of rotatable bonds is 9. The number of carbonyl (C=O) groups is 1. The summed E-state index contributed by atoms with van der Waals surface area (Å²) in [5.74, 6) is 1.86. The molecule has 0 atom stereocenters. The summed E-state index contributed by atoms with van der Waals surface area (Å²) >= 11 is 7.13. The van der Waals surface area contributed by atoms with E-state index >= 15 is 0 Å². The molecule has 0 spiro atoms. The Morgan fingerprint density at radius 1 is 1.09 bits per heavy atom. The van der Waals surface area contributed by atoms with Crippen LogP contribution in [0.5, 0.6) is 11.5 Å². The summed E-state index contributed by atoms with van der Waals surface area (Å²) in [6.07, 6.45) is 1.60. The Kier molecular flexibility index (Phi) is 10.2. The molecule has 0 bridgehead atoms. The second-order valence-corrected chi connectivity index (χ2v) is 12.4. The van der Waals surface area contributed by atoms with E-state index in [2.05, 4.69) is 50.8 Å². The lowest BCUT2D eigenvalue weighted by molar-refractivity contribution is -0.137. The van der Waals surface area contributed by atoms with E-state index in [4.69, 9.17) is 19.2 Å². The molecule has 0 unspecified atom stereocenters.